The summed E-state index contributed by atoms with van der Waals surface area (Å²) in [7, 11) is -0.248. The van der Waals surface area contributed by atoms with E-state index >= 15 is 0 Å². The van der Waals surface area contributed by atoms with E-state index in [1.165, 1.54) is 31.1 Å². The molecule has 2 nitrogen and oxygen atoms in total. The van der Waals surface area contributed by atoms with Crippen molar-refractivity contribution in [1.29, 1.82) is 0 Å². The molecule has 3 heteroatoms. The average molecular weight is 312 g/mol. The van der Waals surface area contributed by atoms with Crippen molar-refractivity contribution < 1.29 is 9.31 Å². The number of benzene rings is 1. The van der Waals surface area contributed by atoms with Crippen LogP contribution < -0.4 is 5.46 Å². The first-order valence-electron chi connectivity index (χ1n) is 9.07. The summed E-state index contributed by atoms with van der Waals surface area (Å²) >= 11 is 0. The Morgan fingerprint density at radius 3 is 1.74 bits per heavy atom. The van der Waals surface area contributed by atoms with Gasteiger partial charge < -0.3 is 9.31 Å². The van der Waals surface area contributed by atoms with Gasteiger partial charge in [0.25, 0.3) is 0 Å². The molecule has 0 spiro atoms. The van der Waals surface area contributed by atoms with Crippen LogP contribution in [-0.2, 0) is 20.1 Å². The van der Waals surface area contributed by atoms with Crippen molar-refractivity contribution in [1.82, 2.24) is 0 Å². The van der Waals surface area contributed by atoms with Crippen LogP contribution in [0.15, 0.2) is 18.2 Å². The molecule has 124 valence electrons. The Morgan fingerprint density at radius 1 is 0.739 bits per heavy atom. The van der Waals surface area contributed by atoms with Crippen LogP contribution >= 0.6 is 0 Å². The molecule has 1 saturated carbocycles. The van der Waals surface area contributed by atoms with Crippen LogP contribution in [0.5, 0.6) is 0 Å². The lowest BCUT2D eigenvalue weighted by atomic mass is 9.52. The maximum absolute atomic E-state index is 6.26. The first-order valence-corrected chi connectivity index (χ1v) is 9.07. The van der Waals surface area contributed by atoms with Gasteiger partial charge in [-0.25, -0.2) is 0 Å². The quantitative estimate of drug-likeness (QED) is 0.727. The van der Waals surface area contributed by atoms with Gasteiger partial charge in [-0.1, -0.05) is 32.0 Å². The molecule has 0 amide bonds. The molecule has 0 unspecified atom stereocenters. The first kappa shape index (κ1) is 15.7. The Bertz CT molecular complexity index is 638. The first-order chi connectivity index (χ1) is 10.6. The maximum Gasteiger partial charge on any atom is 0.494 e. The van der Waals surface area contributed by atoms with Crippen molar-refractivity contribution in [2.45, 2.75) is 89.3 Å². The van der Waals surface area contributed by atoms with Crippen LogP contribution in [0.25, 0.3) is 0 Å². The van der Waals surface area contributed by atoms with Crippen molar-refractivity contribution in [3.8, 4) is 0 Å². The SMILES string of the molecule is CC12CCC(C)(CC1)c1cc(B3OC(C)(C)C(C)(C)O3)ccc12. The molecule has 5 rings (SSSR count). The molecule has 0 aromatic heterocycles. The molecule has 0 N–H and O–H groups in total. The van der Waals surface area contributed by atoms with Crippen LogP contribution in [0.2, 0.25) is 0 Å². The maximum atomic E-state index is 6.26. The highest BCUT2D eigenvalue weighted by molar-refractivity contribution is 6.62. The zero-order chi connectivity index (χ0) is 16.7. The molecule has 1 aliphatic heterocycles. The second-order valence-electron chi connectivity index (χ2n) is 9.51. The minimum atomic E-state index is -0.275. The molecule has 1 aromatic rings. The van der Waals surface area contributed by atoms with E-state index in [9.17, 15) is 0 Å². The summed E-state index contributed by atoms with van der Waals surface area (Å²) in [5, 5.41) is 0. The lowest BCUT2D eigenvalue weighted by molar-refractivity contribution is 0.00578. The Morgan fingerprint density at radius 2 is 1.22 bits per heavy atom. The van der Waals surface area contributed by atoms with E-state index in [4.69, 9.17) is 9.31 Å². The van der Waals surface area contributed by atoms with Crippen molar-refractivity contribution >= 4 is 12.6 Å². The van der Waals surface area contributed by atoms with E-state index in [0.717, 1.165) is 0 Å². The lowest BCUT2D eigenvalue weighted by Gasteiger charge is -2.52. The molecular weight excluding hydrogens is 283 g/mol. The fourth-order valence-electron chi connectivity index (χ4n) is 4.61. The largest absolute Gasteiger partial charge is 0.494 e. The van der Waals surface area contributed by atoms with Gasteiger partial charge in [0.15, 0.2) is 0 Å². The third-order valence-electron chi connectivity index (χ3n) is 7.33. The minimum absolute atomic E-state index is 0.248. The van der Waals surface area contributed by atoms with E-state index in [2.05, 4.69) is 59.7 Å². The molecule has 2 bridgehead atoms. The number of hydrogen-bond acceptors (Lipinski definition) is 2. The second-order valence-corrected chi connectivity index (χ2v) is 9.51. The average Bonchev–Trinajstić information content (AvgIpc) is 2.70. The number of fused-ring (bicyclic) bond motifs is 2. The summed E-state index contributed by atoms with van der Waals surface area (Å²) < 4.78 is 12.5. The smallest absolute Gasteiger partial charge is 0.399 e. The lowest BCUT2D eigenvalue weighted by Crippen LogP contribution is -2.46. The fourth-order valence-corrected chi connectivity index (χ4v) is 4.61. The van der Waals surface area contributed by atoms with Crippen LogP contribution in [0, 0.1) is 0 Å². The van der Waals surface area contributed by atoms with Gasteiger partial charge in [-0.2, -0.15) is 0 Å². The molecule has 1 heterocycles. The summed E-state index contributed by atoms with van der Waals surface area (Å²) in [6.45, 7) is 13.4. The second kappa shape index (κ2) is 4.43. The van der Waals surface area contributed by atoms with Gasteiger partial charge >= 0.3 is 7.12 Å². The van der Waals surface area contributed by atoms with Crippen LogP contribution in [0.3, 0.4) is 0 Å². The monoisotopic (exact) mass is 312 g/mol. The molecule has 23 heavy (non-hydrogen) atoms. The highest BCUT2D eigenvalue weighted by Crippen LogP contribution is 2.55. The molecule has 1 saturated heterocycles. The van der Waals surface area contributed by atoms with Crippen molar-refractivity contribution in [3.63, 3.8) is 0 Å². The Kier molecular flexibility index (Phi) is 3.03. The van der Waals surface area contributed by atoms with Gasteiger partial charge in [-0.05, 0) is 80.8 Å². The van der Waals surface area contributed by atoms with Gasteiger partial charge in [0.1, 0.15) is 0 Å². The summed E-state index contributed by atoms with van der Waals surface area (Å²) in [4.78, 5) is 0. The van der Waals surface area contributed by atoms with Gasteiger partial charge in [-0.15, -0.1) is 0 Å². The summed E-state index contributed by atoms with van der Waals surface area (Å²) in [5.74, 6) is 0. The van der Waals surface area contributed by atoms with E-state index in [0.29, 0.717) is 10.8 Å². The topological polar surface area (TPSA) is 18.5 Å². The Labute approximate surface area is 141 Å². The summed E-state index contributed by atoms with van der Waals surface area (Å²) in [6, 6.07) is 6.97. The molecule has 3 aliphatic carbocycles. The van der Waals surface area contributed by atoms with Gasteiger partial charge in [0, 0.05) is 0 Å². The zero-order valence-electron chi connectivity index (χ0n) is 15.5. The van der Waals surface area contributed by atoms with Crippen LogP contribution in [0.1, 0.15) is 78.4 Å². The Hall–Kier alpha value is -0.795. The summed E-state index contributed by atoms with van der Waals surface area (Å²) in [5.41, 5.74) is 4.46. The van der Waals surface area contributed by atoms with E-state index < -0.39 is 0 Å². The molecule has 0 radical (unpaired) electrons. The van der Waals surface area contributed by atoms with Gasteiger partial charge in [-0.3, -0.25) is 0 Å². The number of hydrogen-bond donors (Lipinski definition) is 0. The van der Waals surface area contributed by atoms with Crippen LogP contribution in [-0.4, -0.2) is 18.3 Å². The zero-order valence-corrected chi connectivity index (χ0v) is 15.5. The van der Waals surface area contributed by atoms with E-state index in [-0.39, 0.29) is 18.3 Å². The number of rotatable bonds is 1. The molecule has 0 atom stereocenters. The van der Waals surface area contributed by atoms with Crippen LogP contribution in [0.4, 0.5) is 0 Å². The van der Waals surface area contributed by atoms with E-state index in [1.54, 1.807) is 11.1 Å². The fraction of sp³-hybridized carbons (Fsp3) is 0.700. The van der Waals surface area contributed by atoms with E-state index in [1.807, 2.05) is 0 Å². The Balaban J connectivity index is 1.75. The predicted molar refractivity (Wildman–Crippen MR) is 95.3 cm³/mol. The van der Waals surface area contributed by atoms with Gasteiger partial charge in [0.2, 0.25) is 0 Å². The van der Waals surface area contributed by atoms with Crippen molar-refractivity contribution in [2.24, 2.45) is 0 Å². The van der Waals surface area contributed by atoms with Gasteiger partial charge in [0.05, 0.1) is 11.2 Å². The predicted octanol–water partition coefficient (Wildman–Crippen LogP) is 4.09. The minimum Gasteiger partial charge on any atom is -0.399 e. The third-order valence-corrected chi connectivity index (χ3v) is 7.33. The van der Waals surface area contributed by atoms with Crippen molar-refractivity contribution in [3.05, 3.63) is 29.3 Å². The highest BCUT2D eigenvalue weighted by Gasteiger charge is 2.53. The highest BCUT2D eigenvalue weighted by atomic mass is 16.7. The molecular formula is C20H29BO2. The molecule has 4 aliphatic rings. The van der Waals surface area contributed by atoms with Crippen molar-refractivity contribution in [2.75, 3.05) is 0 Å². The normalized spacial score (nSPS) is 37.0. The summed E-state index contributed by atoms with van der Waals surface area (Å²) in [6.07, 6.45) is 5.27. The molecule has 1 aromatic carbocycles. The standard InChI is InChI=1S/C20H29BO2/c1-17(2)18(3,4)23-21(22-17)14-7-8-15-16(13-14)20(6)11-9-19(15,5)10-12-20/h7-8,13H,9-12H2,1-6H3. The molecule has 2 fully saturated rings. The third kappa shape index (κ3) is 2.09.